The number of nitro groups is 1. The Hall–Kier alpha value is -1.37. The molecule has 1 rings (SSSR count). The zero-order valence-electron chi connectivity index (χ0n) is 13.5. The van der Waals surface area contributed by atoms with E-state index in [1.54, 1.807) is 20.8 Å². The van der Waals surface area contributed by atoms with Crippen LogP contribution < -0.4 is 0 Å². The third-order valence-corrected chi connectivity index (χ3v) is 4.83. The predicted molar refractivity (Wildman–Crippen MR) is 79.1 cm³/mol. The summed E-state index contributed by atoms with van der Waals surface area (Å²) in [6, 6.07) is 0. The molecule has 1 aliphatic rings. The molecule has 0 bridgehead atoms. The molecule has 1 fully saturated rings. The second kappa shape index (κ2) is 6.02. The van der Waals surface area contributed by atoms with Gasteiger partial charge < -0.3 is 9.47 Å². The van der Waals surface area contributed by atoms with Gasteiger partial charge in [0.1, 0.15) is 0 Å². The molecule has 7 nitrogen and oxygen atoms in total. The molecule has 0 N–H and O–H groups in total. The average molecular weight is 336 g/mol. The van der Waals surface area contributed by atoms with Gasteiger partial charge in [0, 0.05) is 15.2 Å². The van der Waals surface area contributed by atoms with Crippen molar-refractivity contribution >= 4 is 23.5 Å². The van der Waals surface area contributed by atoms with Crippen molar-refractivity contribution < 1.29 is 24.0 Å². The monoisotopic (exact) mass is 335 g/mol. The summed E-state index contributed by atoms with van der Waals surface area (Å²) in [5.74, 6) is -1.90. The van der Waals surface area contributed by atoms with Gasteiger partial charge in [-0.3, -0.25) is 19.7 Å². The summed E-state index contributed by atoms with van der Waals surface area (Å²) in [4.78, 5) is 34.3. The number of esters is 2. The highest BCUT2D eigenvalue weighted by atomic mass is 35.5. The first-order valence-electron chi connectivity index (χ1n) is 6.90. The van der Waals surface area contributed by atoms with Crippen molar-refractivity contribution in [3.05, 3.63) is 10.1 Å². The molecule has 0 spiro atoms. The number of halogens is 1. The van der Waals surface area contributed by atoms with Crippen LogP contribution in [0.2, 0.25) is 0 Å². The Morgan fingerprint density at radius 3 is 2.09 bits per heavy atom. The van der Waals surface area contributed by atoms with Gasteiger partial charge in [-0.25, -0.2) is 0 Å². The normalized spacial score (nSPS) is 27.3. The molecular weight excluding hydrogens is 314 g/mol. The molecule has 1 saturated carbocycles. The number of carbonyl (C=O) groups excluding carboxylic acids is 2. The lowest BCUT2D eigenvalue weighted by Gasteiger charge is -2.35. The largest absolute Gasteiger partial charge is 0.468 e. The maximum Gasteiger partial charge on any atom is 0.323 e. The quantitative estimate of drug-likeness (QED) is 0.251. The molecule has 2 atom stereocenters. The van der Waals surface area contributed by atoms with Gasteiger partial charge in [0.15, 0.2) is 5.41 Å². The summed E-state index contributed by atoms with van der Waals surface area (Å²) in [5.41, 5.74) is -2.47. The molecule has 22 heavy (non-hydrogen) atoms. The van der Waals surface area contributed by atoms with Gasteiger partial charge in [-0.05, 0) is 32.6 Å². The van der Waals surface area contributed by atoms with Gasteiger partial charge in [0.25, 0.3) is 0 Å². The summed E-state index contributed by atoms with van der Waals surface area (Å²) < 4.78 is 9.53. The SMILES string of the molecule is COC(=O)C1(C(=O)OC)CC(C(C)(C)Cl)C(C)(C[N+](=O)[O-])C1. The van der Waals surface area contributed by atoms with Gasteiger partial charge >= 0.3 is 11.9 Å². The van der Waals surface area contributed by atoms with E-state index in [1.165, 1.54) is 14.2 Å². The fourth-order valence-corrected chi connectivity index (χ4v) is 4.14. The van der Waals surface area contributed by atoms with E-state index < -0.39 is 38.5 Å². The Labute approximate surface area is 134 Å². The first-order valence-corrected chi connectivity index (χ1v) is 7.28. The van der Waals surface area contributed by atoms with E-state index in [-0.39, 0.29) is 19.4 Å². The summed E-state index contributed by atoms with van der Waals surface area (Å²) in [6.45, 7) is 4.74. The van der Waals surface area contributed by atoms with Crippen molar-refractivity contribution in [3.8, 4) is 0 Å². The summed E-state index contributed by atoms with van der Waals surface area (Å²) >= 11 is 6.40. The minimum absolute atomic E-state index is 0.0266. The van der Waals surface area contributed by atoms with Gasteiger partial charge in [-0.15, -0.1) is 11.6 Å². The fraction of sp³-hybridized carbons (Fsp3) is 0.857. The molecule has 0 radical (unpaired) electrons. The van der Waals surface area contributed by atoms with Crippen molar-refractivity contribution in [1.29, 1.82) is 0 Å². The van der Waals surface area contributed by atoms with E-state index >= 15 is 0 Å². The molecule has 0 aromatic heterocycles. The standard InChI is InChI=1S/C14H22ClNO6/c1-12(2,15)9-6-14(10(17)21-4,11(18)22-5)7-13(9,3)8-16(19)20/h9H,6-8H2,1-5H3. The van der Waals surface area contributed by atoms with Gasteiger partial charge in [0.2, 0.25) is 6.54 Å². The average Bonchev–Trinajstić information content (AvgIpc) is 2.70. The van der Waals surface area contributed by atoms with Gasteiger partial charge in [0.05, 0.1) is 14.2 Å². The third kappa shape index (κ3) is 3.19. The molecule has 1 aliphatic carbocycles. The number of alkyl halides is 1. The summed E-state index contributed by atoms with van der Waals surface area (Å²) in [6.07, 6.45) is 0.0360. The van der Waals surface area contributed by atoms with E-state index in [0.29, 0.717) is 0 Å². The Morgan fingerprint density at radius 2 is 1.77 bits per heavy atom. The molecular formula is C14H22ClNO6. The maximum absolute atomic E-state index is 12.2. The van der Waals surface area contributed by atoms with Crippen LogP contribution in [0.15, 0.2) is 0 Å². The van der Waals surface area contributed by atoms with Gasteiger partial charge in [-0.2, -0.15) is 0 Å². The van der Waals surface area contributed by atoms with Crippen LogP contribution in [0.4, 0.5) is 0 Å². The van der Waals surface area contributed by atoms with Crippen molar-refractivity contribution in [2.45, 2.75) is 38.5 Å². The van der Waals surface area contributed by atoms with E-state index in [1.807, 2.05) is 0 Å². The topological polar surface area (TPSA) is 95.7 Å². The smallest absolute Gasteiger partial charge is 0.323 e. The molecule has 0 heterocycles. The van der Waals surface area contributed by atoms with Crippen LogP contribution in [0, 0.1) is 26.9 Å². The molecule has 2 unspecified atom stereocenters. The Bertz CT molecular complexity index is 470. The molecule has 0 aliphatic heterocycles. The third-order valence-electron chi connectivity index (χ3n) is 4.57. The van der Waals surface area contributed by atoms with Crippen LogP contribution in [0.25, 0.3) is 0 Å². The first kappa shape index (κ1) is 18.7. The molecule has 0 aromatic rings. The summed E-state index contributed by atoms with van der Waals surface area (Å²) in [7, 11) is 2.36. The van der Waals surface area contributed by atoms with E-state index in [2.05, 4.69) is 0 Å². The Balaban J connectivity index is 3.39. The number of rotatable bonds is 5. The lowest BCUT2D eigenvalue weighted by atomic mass is 9.73. The second-order valence-corrected chi connectivity index (χ2v) is 7.68. The zero-order chi connectivity index (χ0) is 17.3. The fourth-order valence-electron chi connectivity index (χ4n) is 3.80. The maximum atomic E-state index is 12.2. The number of carbonyl (C=O) groups is 2. The van der Waals surface area contributed by atoms with E-state index in [0.717, 1.165) is 0 Å². The highest BCUT2D eigenvalue weighted by molar-refractivity contribution is 6.23. The number of hydrogen-bond donors (Lipinski definition) is 0. The molecule has 0 amide bonds. The highest BCUT2D eigenvalue weighted by Gasteiger charge is 2.65. The predicted octanol–water partition coefficient (Wildman–Crippen LogP) is 2.03. The van der Waals surface area contributed by atoms with Crippen LogP contribution in [-0.4, -0.2) is 42.5 Å². The highest BCUT2D eigenvalue weighted by Crippen LogP contribution is 2.59. The van der Waals surface area contributed by atoms with Crippen molar-refractivity contribution in [3.63, 3.8) is 0 Å². The number of nitrogens with zero attached hydrogens (tertiary/aromatic N) is 1. The lowest BCUT2D eigenvalue weighted by Crippen LogP contribution is -2.40. The van der Waals surface area contributed by atoms with Crippen LogP contribution in [0.3, 0.4) is 0 Å². The zero-order valence-corrected chi connectivity index (χ0v) is 14.2. The van der Waals surface area contributed by atoms with E-state index in [9.17, 15) is 19.7 Å². The Kier molecular flexibility index (Phi) is 5.11. The van der Waals surface area contributed by atoms with Gasteiger partial charge in [-0.1, -0.05) is 6.92 Å². The minimum Gasteiger partial charge on any atom is -0.468 e. The van der Waals surface area contributed by atoms with Crippen molar-refractivity contribution in [2.24, 2.45) is 16.7 Å². The van der Waals surface area contributed by atoms with Crippen molar-refractivity contribution in [1.82, 2.24) is 0 Å². The number of hydrogen-bond acceptors (Lipinski definition) is 6. The minimum atomic E-state index is -1.55. The number of ether oxygens (including phenoxy) is 2. The number of methoxy groups -OCH3 is 2. The van der Waals surface area contributed by atoms with E-state index in [4.69, 9.17) is 21.1 Å². The molecule has 0 aromatic carbocycles. The Morgan fingerprint density at radius 1 is 1.32 bits per heavy atom. The van der Waals surface area contributed by atoms with Crippen LogP contribution >= 0.6 is 11.6 Å². The first-order chi connectivity index (χ1) is 9.93. The molecule has 8 heteroatoms. The van der Waals surface area contributed by atoms with Crippen LogP contribution in [0.5, 0.6) is 0 Å². The van der Waals surface area contributed by atoms with Crippen LogP contribution in [-0.2, 0) is 19.1 Å². The van der Waals surface area contributed by atoms with Crippen LogP contribution in [0.1, 0.15) is 33.6 Å². The summed E-state index contributed by atoms with van der Waals surface area (Å²) in [5, 5.41) is 11.1. The molecule has 0 saturated heterocycles. The lowest BCUT2D eigenvalue weighted by molar-refractivity contribution is -0.498. The second-order valence-electron chi connectivity index (χ2n) is 6.71. The van der Waals surface area contributed by atoms with Crippen molar-refractivity contribution in [2.75, 3.05) is 20.8 Å². The molecule has 126 valence electrons.